The minimum absolute atomic E-state index is 0.0729. The Morgan fingerprint density at radius 2 is 1.71 bits per heavy atom. The molecule has 5 rings (SSSR count). The van der Waals surface area contributed by atoms with Gasteiger partial charge < -0.3 is 9.32 Å². The van der Waals surface area contributed by atoms with Gasteiger partial charge in [-0.05, 0) is 48.7 Å². The van der Waals surface area contributed by atoms with Gasteiger partial charge in [-0.3, -0.25) is 9.59 Å². The van der Waals surface area contributed by atoms with Gasteiger partial charge in [-0.2, -0.15) is 0 Å². The Bertz CT molecular complexity index is 1340. The van der Waals surface area contributed by atoms with Gasteiger partial charge in [0, 0.05) is 6.54 Å². The lowest BCUT2D eigenvalue weighted by Crippen LogP contribution is -2.31. The predicted octanol–water partition coefficient (Wildman–Crippen LogP) is 5.03. The smallest absolute Gasteiger partial charge is 0.290 e. The molecule has 0 saturated heterocycles. The molecule has 1 aromatic heterocycles. The highest BCUT2D eigenvalue weighted by Crippen LogP contribution is 2.38. The number of amides is 1. The van der Waals surface area contributed by atoms with Crippen molar-refractivity contribution >= 4 is 16.9 Å². The maximum Gasteiger partial charge on any atom is 0.290 e. The van der Waals surface area contributed by atoms with Crippen molar-refractivity contribution in [3.63, 3.8) is 0 Å². The number of benzene rings is 3. The molecule has 0 bridgehead atoms. The van der Waals surface area contributed by atoms with Gasteiger partial charge in [0.2, 0.25) is 5.76 Å². The molecule has 1 atom stereocenters. The largest absolute Gasteiger partial charge is 0.450 e. The van der Waals surface area contributed by atoms with Crippen LogP contribution in [-0.2, 0) is 6.42 Å². The van der Waals surface area contributed by atoms with Crippen LogP contribution in [0.4, 0.5) is 4.39 Å². The quantitative estimate of drug-likeness (QED) is 0.472. The summed E-state index contributed by atoms with van der Waals surface area (Å²) in [5.41, 5.74) is 3.20. The molecule has 154 valence electrons. The Morgan fingerprint density at radius 3 is 2.45 bits per heavy atom. The lowest BCUT2D eigenvalue weighted by Gasteiger charge is -2.25. The summed E-state index contributed by atoms with van der Waals surface area (Å²) >= 11 is 0. The van der Waals surface area contributed by atoms with E-state index in [9.17, 15) is 14.0 Å². The first kappa shape index (κ1) is 19.2. The summed E-state index contributed by atoms with van der Waals surface area (Å²) in [5.74, 6) is -0.617. The van der Waals surface area contributed by atoms with Gasteiger partial charge in [0.25, 0.3) is 5.91 Å². The van der Waals surface area contributed by atoms with E-state index in [1.165, 1.54) is 12.1 Å². The molecule has 31 heavy (non-hydrogen) atoms. The first-order chi connectivity index (χ1) is 15.0. The van der Waals surface area contributed by atoms with Crippen LogP contribution >= 0.6 is 0 Å². The Morgan fingerprint density at radius 1 is 0.968 bits per heavy atom. The maximum atomic E-state index is 13.6. The van der Waals surface area contributed by atoms with Crippen LogP contribution in [0.3, 0.4) is 0 Å². The highest BCUT2D eigenvalue weighted by molar-refractivity contribution is 5.99. The zero-order valence-corrected chi connectivity index (χ0v) is 17.0. The average molecular weight is 413 g/mol. The summed E-state index contributed by atoms with van der Waals surface area (Å²) in [5, 5.41) is 0.448. The highest BCUT2D eigenvalue weighted by Gasteiger charge is 2.42. The fourth-order valence-electron chi connectivity index (χ4n) is 4.25. The molecule has 0 aliphatic carbocycles. The molecule has 0 spiro atoms. The molecule has 1 amide bonds. The lowest BCUT2D eigenvalue weighted by atomic mass is 9.98. The minimum Gasteiger partial charge on any atom is -0.450 e. The standard InChI is InChI=1S/C26H20FNO3/c1-16-7-12-21-20(15-16)24(29)22-23(18-8-10-19(27)11-9-18)28(26(30)25(22)31-21)14-13-17-5-3-2-4-6-17/h2-12,15,23H,13-14H2,1H3/t23-/m0/s1. The third-order valence-electron chi connectivity index (χ3n) is 5.79. The van der Waals surface area contributed by atoms with Crippen molar-refractivity contribution in [2.24, 2.45) is 0 Å². The molecular formula is C26H20FNO3. The van der Waals surface area contributed by atoms with E-state index >= 15 is 0 Å². The van der Waals surface area contributed by atoms with Crippen molar-refractivity contribution in [1.29, 1.82) is 0 Å². The highest BCUT2D eigenvalue weighted by atomic mass is 19.1. The molecule has 0 fully saturated rings. The predicted molar refractivity (Wildman–Crippen MR) is 117 cm³/mol. The van der Waals surface area contributed by atoms with Crippen LogP contribution in [0, 0.1) is 12.7 Å². The van der Waals surface area contributed by atoms with Gasteiger partial charge in [-0.1, -0.05) is 54.1 Å². The summed E-state index contributed by atoms with van der Waals surface area (Å²) in [6.07, 6.45) is 0.630. The van der Waals surface area contributed by atoms with Gasteiger partial charge in [-0.15, -0.1) is 0 Å². The summed E-state index contributed by atoms with van der Waals surface area (Å²) in [6, 6.07) is 20.5. The Labute approximate surface area is 178 Å². The minimum atomic E-state index is -0.618. The van der Waals surface area contributed by atoms with Crippen molar-refractivity contribution in [3.8, 4) is 0 Å². The number of nitrogens with zero attached hydrogens (tertiary/aromatic N) is 1. The number of carbonyl (C=O) groups is 1. The van der Waals surface area contributed by atoms with Crippen molar-refractivity contribution in [2.75, 3.05) is 6.54 Å². The van der Waals surface area contributed by atoms with E-state index in [1.807, 2.05) is 43.3 Å². The molecule has 0 radical (unpaired) electrons. The number of aryl methyl sites for hydroxylation is 1. The number of carbonyl (C=O) groups excluding carboxylic acids is 1. The number of halogens is 1. The zero-order chi connectivity index (χ0) is 21.5. The second-order valence-corrected chi connectivity index (χ2v) is 7.86. The van der Waals surface area contributed by atoms with E-state index in [0.717, 1.165) is 11.1 Å². The monoisotopic (exact) mass is 413 g/mol. The van der Waals surface area contributed by atoms with E-state index < -0.39 is 6.04 Å². The summed E-state index contributed by atoms with van der Waals surface area (Å²) in [7, 11) is 0. The van der Waals surface area contributed by atoms with Gasteiger partial charge in [-0.25, -0.2) is 4.39 Å². The maximum absolute atomic E-state index is 13.6. The first-order valence-electron chi connectivity index (χ1n) is 10.2. The second-order valence-electron chi connectivity index (χ2n) is 7.86. The molecule has 1 aliphatic rings. The summed E-state index contributed by atoms with van der Waals surface area (Å²) in [4.78, 5) is 28.5. The van der Waals surface area contributed by atoms with Crippen LogP contribution in [-0.4, -0.2) is 17.4 Å². The van der Waals surface area contributed by atoms with Crippen LogP contribution in [0.25, 0.3) is 11.0 Å². The third-order valence-corrected chi connectivity index (χ3v) is 5.79. The molecule has 4 aromatic rings. The molecule has 2 heterocycles. The van der Waals surface area contributed by atoms with Crippen LogP contribution in [0.15, 0.2) is 82.0 Å². The fraction of sp³-hybridized carbons (Fsp3) is 0.154. The normalized spacial score (nSPS) is 15.5. The van der Waals surface area contributed by atoms with Gasteiger partial charge in [0.15, 0.2) is 5.43 Å². The number of hydrogen-bond donors (Lipinski definition) is 0. The molecular weight excluding hydrogens is 393 g/mol. The zero-order valence-electron chi connectivity index (χ0n) is 17.0. The molecule has 4 nitrogen and oxygen atoms in total. The van der Waals surface area contributed by atoms with Gasteiger partial charge >= 0.3 is 0 Å². The van der Waals surface area contributed by atoms with Crippen LogP contribution in [0.5, 0.6) is 0 Å². The van der Waals surface area contributed by atoms with Gasteiger partial charge in [0.05, 0.1) is 17.0 Å². The van der Waals surface area contributed by atoms with Crippen LogP contribution < -0.4 is 5.43 Å². The van der Waals surface area contributed by atoms with Crippen LogP contribution in [0.1, 0.15) is 38.9 Å². The number of fused-ring (bicyclic) bond motifs is 2. The SMILES string of the molecule is Cc1ccc2oc3c(c(=O)c2c1)[C@H](c1ccc(F)cc1)N(CCc1ccccc1)C3=O. The number of hydrogen-bond acceptors (Lipinski definition) is 3. The molecule has 5 heteroatoms. The Hall–Kier alpha value is -3.73. The van der Waals surface area contributed by atoms with Crippen molar-refractivity contribution < 1.29 is 13.6 Å². The first-order valence-corrected chi connectivity index (χ1v) is 10.2. The van der Waals surface area contributed by atoms with E-state index in [2.05, 4.69) is 0 Å². The molecule has 0 N–H and O–H groups in total. The summed E-state index contributed by atoms with van der Waals surface area (Å²) < 4.78 is 19.5. The summed E-state index contributed by atoms with van der Waals surface area (Å²) in [6.45, 7) is 2.31. The van der Waals surface area contributed by atoms with Crippen molar-refractivity contribution in [1.82, 2.24) is 4.90 Å². The molecule has 0 unspecified atom stereocenters. The topological polar surface area (TPSA) is 50.5 Å². The second kappa shape index (κ2) is 7.51. The Balaban J connectivity index is 1.66. The Kier molecular flexibility index (Phi) is 4.66. The van der Waals surface area contributed by atoms with Crippen LogP contribution in [0.2, 0.25) is 0 Å². The molecule has 3 aromatic carbocycles. The molecule has 0 saturated carbocycles. The van der Waals surface area contributed by atoms with Crippen molar-refractivity contribution in [3.05, 3.63) is 117 Å². The van der Waals surface area contributed by atoms with Crippen molar-refractivity contribution in [2.45, 2.75) is 19.4 Å². The van der Waals surface area contributed by atoms with E-state index in [4.69, 9.17) is 4.42 Å². The van der Waals surface area contributed by atoms with E-state index in [-0.39, 0.29) is 22.9 Å². The lowest BCUT2D eigenvalue weighted by molar-refractivity contribution is 0.0730. The average Bonchev–Trinajstić information content (AvgIpc) is 3.06. The van der Waals surface area contributed by atoms with Gasteiger partial charge in [0.1, 0.15) is 11.4 Å². The van der Waals surface area contributed by atoms with E-state index in [0.29, 0.717) is 35.1 Å². The fourth-order valence-corrected chi connectivity index (χ4v) is 4.25. The third kappa shape index (κ3) is 3.32. The molecule has 1 aliphatic heterocycles. The van der Waals surface area contributed by atoms with E-state index in [1.54, 1.807) is 29.2 Å². The number of rotatable bonds is 4.